The number of H-pyrrole nitrogens is 1. The van der Waals surface area contributed by atoms with Crippen molar-refractivity contribution >= 4 is 31.8 Å². The molecule has 0 radical (unpaired) electrons. The molecule has 2 heterocycles. The van der Waals surface area contributed by atoms with E-state index in [0.717, 1.165) is 27.6 Å². The van der Waals surface area contributed by atoms with Crippen LogP contribution in [0.2, 0.25) is 0 Å². The number of hydrogen-bond donors (Lipinski definition) is 2. The zero-order chi connectivity index (χ0) is 22.3. The summed E-state index contributed by atoms with van der Waals surface area (Å²) in [7, 11) is -3.83. The van der Waals surface area contributed by atoms with Crippen molar-refractivity contribution in [2.75, 3.05) is 6.61 Å². The fraction of sp³-hybridized carbons (Fsp3) is 0.160. The summed E-state index contributed by atoms with van der Waals surface area (Å²) in [5.74, 6) is -0.125. The fourth-order valence-electron chi connectivity index (χ4n) is 4.33. The van der Waals surface area contributed by atoms with Gasteiger partial charge in [-0.05, 0) is 43.2 Å². The third kappa shape index (κ3) is 3.30. The molecule has 2 N–H and O–H groups in total. The second kappa shape index (κ2) is 7.93. The van der Waals surface area contributed by atoms with Crippen molar-refractivity contribution in [1.82, 2.24) is 13.9 Å². The van der Waals surface area contributed by atoms with E-state index >= 15 is 0 Å². The minimum absolute atomic E-state index is 0.00633. The third-order valence-electron chi connectivity index (χ3n) is 5.93. The Morgan fingerprint density at radius 2 is 1.75 bits per heavy atom. The predicted molar refractivity (Wildman–Crippen MR) is 125 cm³/mol. The van der Waals surface area contributed by atoms with E-state index in [4.69, 9.17) is 0 Å². The number of aromatic amines is 1. The van der Waals surface area contributed by atoms with E-state index in [0.29, 0.717) is 17.5 Å². The Balaban J connectivity index is 1.79. The van der Waals surface area contributed by atoms with Crippen molar-refractivity contribution in [1.29, 1.82) is 0 Å². The molecule has 7 heteroatoms. The summed E-state index contributed by atoms with van der Waals surface area (Å²) < 4.78 is 29.0. The molecule has 0 saturated heterocycles. The van der Waals surface area contributed by atoms with Gasteiger partial charge in [0.05, 0.1) is 22.3 Å². The maximum absolute atomic E-state index is 13.8. The van der Waals surface area contributed by atoms with Crippen LogP contribution in [0.4, 0.5) is 0 Å². The number of nitrogens with zero attached hydrogens (tertiary/aromatic N) is 2. The van der Waals surface area contributed by atoms with Gasteiger partial charge < -0.3 is 10.1 Å². The molecule has 0 spiro atoms. The average Bonchev–Trinajstić information content (AvgIpc) is 3.44. The topological polar surface area (TPSA) is 88.0 Å². The minimum atomic E-state index is -3.83. The second-order valence-electron chi connectivity index (χ2n) is 7.95. The van der Waals surface area contributed by atoms with Crippen molar-refractivity contribution in [2.24, 2.45) is 0 Å². The highest BCUT2D eigenvalue weighted by Gasteiger charge is 2.24. The lowest BCUT2D eigenvalue weighted by Crippen LogP contribution is -2.13. The number of hydrogen-bond acceptors (Lipinski definition) is 4. The van der Waals surface area contributed by atoms with E-state index in [1.165, 1.54) is 3.97 Å². The number of aliphatic hydroxyl groups excluding tert-OH is 1. The normalized spacial score (nSPS) is 13.1. The summed E-state index contributed by atoms with van der Waals surface area (Å²) in [5.41, 5.74) is 4.05. The molecule has 5 aromatic rings. The van der Waals surface area contributed by atoms with E-state index in [1.54, 1.807) is 24.7 Å². The Hall–Kier alpha value is -3.42. The molecule has 2 aromatic heterocycles. The number of benzene rings is 3. The van der Waals surface area contributed by atoms with Gasteiger partial charge in [-0.2, -0.15) is 0 Å². The fourth-order valence-corrected chi connectivity index (χ4v) is 5.85. The van der Waals surface area contributed by atoms with Gasteiger partial charge in [0.2, 0.25) is 0 Å². The molecule has 0 aliphatic rings. The Morgan fingerprint density at radius 1 is 1.00 bits per heavy atom. The predicted octanol–water partition coefficient (Wildman–Crippen LogP) is 4.58. The maximum Gasteiger partial charge on any atom is 0.268 e. The number of fused-ring (bicyclic) bond motifs is 3. The Kier molecular flexibility index (Phi) is 5.07. The van der Waals surface area contributed by atoms with Crippen molar-refractivity contribution in [3.63, 3.8) is 0 Å². The Labute approximate surface area is 186 Å². The molecule has 3 aromatic carbocycles. The van der Waals surface area contributed by atoms with Gasteiger partial charge in [0, 0.05) is 35.2 Å². The van der Waals surface area contributed by atoms with E-state index in [9.17, 15) is 13.5 Å². The zero-order valence-electron chi connectivity index (χ0n) is 17.6. The van der Waals surface area contributed by atoms with Crippen LogP contribution in [0.3, 0.4) is 0 Å². The van der Waals surface area contributed by atoms with Crippen molar-refractivity contribution < 1.29 is 13.5 Å². The molecule has 0 amide bonds. The first kappa shape index (κ1) is 20.5. The lowest BCUT2D eigenvalue weighted by atomic mass is 9.92. The van der Waals surface area contributed by atoms with Crippen molar-refractivity contribution in [2.45, 2.75) is 24.2 Å². The number of aryl methyl sites for hydroxylation is 1. The standard InChI is InChI=1S/C25H23N3O3S/c1-17-6-9-19(10-7-17)32(30,31)28-24-5-3-2-4-21(24)22-11-8-18(14-25(22)28)20(12-13-29)23-15-26-16-27-23/h2-11,14-16,20,29H,12-13H2,1H3,(H,26,27). The number of aliphatic hydroxyl groups is 1. The number of rotatable bonds is 6. The van der Waals surface area contributed by atoms with Crippen LogP contribution in [0.5, 0.6) is 0 Å². The summed E-state index contributed by atoms with van der Waals surface area (Å²) in [6, 6.07) is 20.3. The van der Waals surface area contributed by atoms with Gasteiger partial charge in [-0.3, -0.25) is 0 Å². The number of aromatic nitrogens is 3. The summed E-state index contributed by atoms with van der Waals surface area (Å²) in [5, 5.41) is 11.4. The Bertz CT molecular complexity index is 1500. The SMILES string of the molecule is Cc1ccc(S(=O)(=O)n2c3ccccc3c3ccc(C(CCO)c4cnc[nH]4)cc32)cc1. The summed E-state index contributed by atoms with van der Waals surface area (Å²) in [4.78, 5) is 7.48. The molecule has 0 aliphatic carbocycles. The number of para-hydroxylation sites is 1. The molecule has 1 unspecified atom stereocenters. The van der Waals surface area contributed by atoms with Crippen molar-refractivity contribution in [3.8, 4) is 0 Å². The maximum atomic E-state index is 13.8. The van der Waals surface area contributed by atoms with E-state index in [2.05, 4.69) is 9.97 Å². The van der Waals surface area contributed by atoms with Crippen LogP contribution >= 0.6 is 0 Å². The second-order valence-corrected chi connectivity index (χ2v) is 9.73. The number of imidazole rings is 1. The highest BCUT2D eigenvalue weighted by Crippen LogP contribution is 2.36. The molecular weight excluding hydrogens is 422 g/mol. The molecule has 162 valence electrons. The molecule has 0 saturated carbocycles. The zero-order valence-corrected chi connectivity index (χ0v) is 18.4. The first-order chi connectivity index (χ1) is 15.5. The molecule has 6 nitrogen and oxygen atoms in total. The monoisotopic (exact) mass is 445 g/mol. The molecule has 0 fully saturated rings. The van der Waals surface area contributed by atoms with Crippen LogP contribution in [0.25, 0.3) is 21.8 Å². The Morgan fingerprint density at radius 3 is 2.47 bits per heavy atom. The van der Waals surface area contributed by atoms with Crippen LogP contribution in [0.15, 0.2) is 84.1 Å². The lowest BCUT2D eigenvalue weighted by molar-refractivity contribution is 0.281. The molecule has 0 bridgehead atoms. The van der Waals surface area contributed by atoms with Crippen LogP contribution in [0, 0.1) is 6.92 Å². The summed E-state index contributed by atoms with van der Waals surface area (Å²) in [6.45, 7) is 1.94. The molecule has 5 rings (SSSR count). The first-order valence-corrected chi connectivity index (χ1v) is 11.9. The first-order valence-electron chi connectivity index (χ1n) is 10.4. The van der Waals surface area contributed by atoms with Gasteiger partial charge in [0.25, 0.3) is 10.0 Å². The van der Waals surface area contributed by atoms with Crippen molar-refractivity contribution in [3.05, 3.63) is 96.1 Å². The largest absolute Gasteiger partial charge is 0.396 e. The summed E-state index contributed by atoms with van der Waals surface area (Å²) >= 11 is 0. The van der Waals surface area contributed by atoms with Crippen LogP contribution in [-0.2, 0) is 10.0 Å². The lowest BCUT2D eigenvalue weighted by Gasteiger charge is -2.16. The van der Waals surface area contributed by atoms with Gasteiger partial charge in [-0.1, -0.05) is 48.0 Å². The van der Waals surface area contributed by atoms with Crippen LogP contribution < -0.4 is 0 Å². The van der Waals surface area contributed by atoms with E-state index in [-0.39, 0.29) is 17.4 Å². The van der Waals surface area contributed by atoms with Gasteiger partial charge >= 0.3 is 0 Å². The molecule has 32 heavy (non-hydrogen) atoms. The van der Waals surface area contributed by atoms with Gasteiger partial charge in [-0.15, -0.1) is 0 Å². The van der Waals surface area contributed by atoms with E-state index in [1.807, 2.05) is 61.5 Å². The summed E-state index contributed by atoms with van der Waals surface area (Å²) in [6.07, 6.45) is 3.85. The van der Waals surface area contributed by atoms with Crippen LogP contribution in [-0.4, -0.2) is 34.1 Å². The average molecular weight is 446 g/mol. The van der Waals surface area contributed by atoms with Gasteiger partial charge in [0.1, 0.15) is 0 Å². The molecule has 1 atom stereocenters. The third-order valence-corrected chi connectivity index (χ3v) is 7.67. The van der Waals surface area contributed by atoms with Gasteiger partial charge in [-0.25, -0.2) is 17.4 Å². The smallest absolute Gasteiger partial charge is 0.268 e. The molecular formula is C25H23N3O3S. The minimum Gasteiger partial charge on any atom is -0.396 e. The van der Waals surface area contributed by atoms with E-state index < -0.39 is 10.0 Å². The highest BCUT2D eigenvalue weighted by atomic mass is 32.2. The highest BCUT2D eigenvalue weighted by molar-refractivity contribution is 7.90. The quantitative estimate of drug-likeness (QED) is 0.401. The van der Waals surface area contributed by atoms with Gasteiger partial charge in [0.15, 0.2) is 0 Å². The van der Waals surface area contributed by atoms with Crippen LogP contribution in [0.1, 0.15) is 29.2 Å². The molecule has 0 aliphatic heterocycles. The number of nitrogens with one attached hydrogen (secondary N) is 1.